The van der Waals surface area contributed by atoms with Gasteiger partial charge in [0.05, 0.1) is 34.9 Å². The Kier molecular flexibility index (Phi) is 7.35. The van der Waals surface area contributed by atoms with Gasteiger partial charge in [-0.1, -0.05) is 18.2 Å². The molecule has 0 bridgehead atoms. The van der Waals surface area contributed by atoms with Crippen molar-refractivity contribution in [3.05, 3.63) is 93.5 Å². The number of Topliss-reactive ketones (excluding diaryl/α,β-unsaturated/α-hetero) is 1. The van der Waals surface area contributed by atoms with Gasteiger partial charge in [0, 0.05) is 11.3 Å². The molecule has 8 nitrogen and oxygen atoms in total. The number of halogens is 1. The average Bonchev–Trinajstić information content (AvgIpc) is 3.14. The summed E-state index contributed by atoms with van der Waals surface area (Å²) in [7, 11) is 1.50. The zero-order chi connectivity index (χ0) is 26.9. The van der Waals surface area contributed by atoms with Gasteiger partial charge in [0.25, 0.3) is 11.7 Å². The van der Waals surface area contributed by atoms with Gasteiger partial charge in [-0.2, -0.15) is 0 Å². The number of esters is 1. The van der Waals surface area contributed by atoms with Crippen molar-refractivity contribution >= 4 is 45.0 Å². The number of phenols is 1. The Hall–Kier alpha value is -4.11. The molecule has 1 unspecified atom stereocenters. The van der Waals surface area contributed by atoms with Crippen LogP contribution in [0, 0.1) is 0 Å². The first-order valence-electron chi connectivity index (χ1n) is 11.4. The SMILES string of the molecule is COc1ccc(/C(O)=C2\C(=O)C(=O)N(c3cccc(C(=O)OC(C)C)c3)C2c2ccc(O)cc2)cc1Br. The van der Waals surface area contributed by atoms with E-state index < -0.39 is 23.7 Å². The number of phenolic OH excluding ortho intramolecular Hbond substituents is 1. The number of amides is 1. The summed E-state index contributed by atoms with van der Waals surface area (Å²) < 4.78 is 11.1. The molecule has 190 valence electrons. The van der Waals surface area contributed by atoms with Crippen molar-refractivity contribution in [2.75, 3.05) is 12.0 Å². The second-order valence-corrected chi connectivity index (χ2v) is 9.47. The number of carbonyl (C=O) groups is 3. The Morgan fingerprint density at radius 2 is 1.70 bits per heavy atom. The van der Waals surface area contributed by atoms with E-state index in [-0.39, 0.29) is 34.4 Å². The first-order valence-corrected chi connectivity index (χ1v) is 12.2. The summed E-state index contributed by atoms with van der Waals surface area (Å²) in [5.74, 6) is -2.19. The molecule has 2 N–H and O–H groups in total. The minimum absolute atomic E-state index is 0.00165. The van der Waals surface area contributed by atoms with Crippen LogP contribution in [0.3, 0.4) is 0 Å². The molecule has 3 aromatic rings. The lowest BCUT2D eigenvalue weighted by molar-refractivity contribution is -0.132. The molecule has 1 aliphatic rings. The van der Waals surface area contributed by atoms with Gasteiger partial charge in [-0.3, -0.25) is 14.5 Å². The molecule has 3 aromatic carbocycles. The standard InChI is InChI=1S/C28H24BrNO7/c1-15(2)37-28(35)18-5-4-6-19(13-18)30-24(16-7-10-20(31)11-8-16)23(26(33)27(30)34)25(32)17-9-12-22(36-3)21(29)14-17/h4-15,24,31-32H,1-3H3/b25-23+. The van der Waals surface area contributed by atoms with Gasteiger partial charge >= 0.3 is 5.97 Å². The minimum Gasteiger partial charge on any atom is -0.508 e. The minimum atomic E-state index is -1.03. The van der Waals surface area contributed by atoms with Crippen molar-refractivity contribution < 1.29 is 34.1 Å². The number of aromatic hydroxyl groups is 1. The molecule has 0 spiro atoms. The fraction of sp³-hybridized carbons (Fsp3) is 0.179. The molecule has 1 fully saturated rings. The van der Waals surface area contributed by atoms with E-state index in [0.29, 0.717) is 21.3 Å². The van der Waals surface area contributed by atoms with Crippen LogP contribution in [0.5, 0.6) is 11.5 Å². The van der Waals surface area contributed by atoms with E-state index in [0.717, 1.165) is 0 Å². The summed E-state index contributed by atoms with van der Waals surface area (Å²) in [5, 5.41) is 21.1. The van der Waals surface area contributed by atoms with Crippen molar-refractivity contribution in [2.24, 2.45) is 0 Å². The highest BCUT2D eigenvalue weighted by Gasteiger charge is 2.47. The first kappa shape index (κ1) is 26.0. The van der Waals surface area contributed by atoms with Gasteiger partial charge in [0.1, 0.15) is 17.3 Å². The number of ether oxygens (including phenoxy) is 2. The second-order valence-electron chi connectivity index (χ2n) is 8.61. The van der Waals surface area contributed by atoms with Crippen LogP contribution in [0.25, 0.3) is 5.76 Å². The monoisotopic (exact) mass is 565 g/mol. The predicted octanol–water partition coefficient (Wildman–Crippen LogP) is 5.35. The lowest BCUT2D eigenvalue weighted by Crippen LogP contribution is -2.29. The summed E-state index contributed by atoms with van der Waals surface area (Å²) in [6, 6.07) is 15.9. The van der Waals surface area contributed by atoms with Gasteiger partial charge in [0.15, 0.2) is 0 Å². The molecule has 1 aliphatic heterocycles. The molecule has 1 amide bonds. The molecule has 37 heavy (non-hydrogen) atoms. The molecule has 4 rings (SSSR count). The number of benzene rings is 3. The van der Waals surface area contributed by atoms with Gasteiger partial charge in [-0.05, 0) is 83.9 Å². The van der Waals surface area contributed by atoms with E-state index in [1.165, 1.54) is 30.2 Å². The lowest BCUT2D eigenvalue weighted by atomic mass is 9.95. The first-order chi connectivity index (χ1) is 17.6. The van der Waals surface area contributed by atoms with Crippen LogP contribution in [0.2, 0.25) is 0 Å². The summed E-state index contributed by atoms with van der Waals surface area (Å²) in [6.07, 6.45) is -0.341. The molecular formula is C28H24BrNO7. The summed E-state index contributed by atoms with van der Waals surface area (Å²) in [5.41, 5.74) is 1.11. The number of hydrogen-bond donors (Lipinski definition) is 2. The van der Waals surface area contributed by atoms with Crippen LogP contribution in [0.15, 0.2) is 76.8 Å². The predicted molar refractivity (Wildman–Crippen MR) is 141 cm³/mol. The number of rotatable bonds is 6. The van der Waals surface area contributed by atoms with Crippen molar-refractivity contribution in [3.8, 4) is 11.5 Å². The van der Waals surface area contributed by atoms with E-state index in [1.54, 1.807) is 62.4 Å². The Balaban J connectivity index is 1.89. The van der Waals surface area contributed by atoms with E-state index >= 15 is 0 Å². The average molecular weight is 566 g/mol. The van der Waals surface area contributed by atoms with Crippen molar-refractivity contribution in [2.45, 2.75) is 26.0 Å². The molecule has 1 atom stereocenters. The highest BCUT2D eigenvalue weighted by Crippen LogP contribution is 2.43. The number of carbonyl (C=O) groups excluding carboxylic acids is 3. The fourth-order valence-corrected chi connectivity index (χ4v) is 4.65. The van der Waals surface area contributed by atoms with Gasteiger partial charge in [-0.15, -0.1) is 0 Å². The number of aliphatic hydroxyl groups excluding tert-OH is 1. The summed E-state index contributed by atoms with van der Waals surface area (Å²) in [6.45, 7) is 3.45. The van der Waals surface area contributed by atoms with E-state index in [1.807, 2.05) is 0 Å². The number of methoxy groups -OCH3 is 1. The van der Waals surface area contributed by atoms with Crippen LogP contribution in [-0.2, 0) is 14.3 Å². The zero-order valence-corrected chi connectivity index (χ0v) is 21.9. The van der Waals surface area contributed by atoms with Crippen molar-refractivity contribution in [1.29, 1.82) is 0 Å². The quantitative estimate of drug-likeness (QED) is 0.179. The van der Waals surface area contributed by atoms with Gasteiger partial charge < -0.3 is 19.7 Å². The normalized spacial score (nSPS) is 16.8. The maximum absolute atomic E-state index is 13.4. The maximum atomic E-state index is 13.4. The summed E-state index contributed by atoms with van der Waals surface area (Å²) in [4.78, 5) is 40.4. The Morgan fingerprint density at radius 3 is 2.32 bits per heavy atom. The number of hydrogen-bond acceptors (Lipinski definition) is 7. The molecular weight excluding hydrogens is 542 g/mol. The molecule has 9 heteroatoms. The zero-order valence-electron chi connectivity index (χ0n) is 20.3. The Bertz CT molecular complexity index is 1410. The van der Waals surface area contributed by atoms with Crippen LogP contribution < -0.4 is 9.64 Å². The van der Waals surface area contributed by atoms with Gasteiger partial charge in [-0.25, -0.2) is 4.79 Å². The molecule has 0 radical (unpaired) electrons. The third kappa shape index (κ3) is 5.08. The smallest absolute Gasteiger partial charge is 0.338 e. The molecule has 1 heterocycles. The van der Waals surface area contributed by atoms with E-state index in [4.69, 9.17) is 9.47 Å². The fourth-order valence-electron chi connectivity index (χ4n) is 4.10. The van der Waals surface area contributed by atoms with Crippen LogP contribution in [-0.4, -0.2) is 41.1 Å². The van der Waals surface area contributed by atoms with E-state index in [9.17, 15) is 24.6 Å². The number of ketones is 1. The van der Waals surface area contributed by atoms with Crippen LogP contribution in [0.1, 0.15) is 41.4 Å². The molecule has 0 saturated carbocycles. The summed E-state index contributed by atoms with van der Waals surface area (Å²) >= 11 is 3.37. The molecule has 1 saturated heterocycles. The Morgan fingerprint density at radius 1 is 1.00 bits per heavy atom. The molecule has 0 aromatic heterocycles. The highest BCUT2D eigenvalue weighted by atomic mass is 79.9. The Labute approximate surface area is 221 Å². The van der Waals surface area contributed by atoms with Gasteiger partial charge in [0.2, 0.25) is 0 Å². The lowest BCUT2D eigenvalue weighted by Gasteiger charge is -2.26. The van der Waals surface area contributed by atoms with Crippen LogP contribution in [0.4, 0.5) is 5.69 Å². The number of nitrogens with zero attached hydrogens (tertiary/aromatic N) is 1. The largest absolute Gasteiger partial charge is 0.508 e. The van der Waals surface area contributed by atoms with E-state index in [2.05, 4.69) is 15.9 Å². The second kappa shape index (κ2) is 10.5. The third-order valence-corrected chi connectivity index (χ3v) is 6.40. The maximum Gasteiger partial charge on any atom is 0.338 e. The van der Waals surface area contributed by atoms with Crippen molar-refractivity contribution in [1.82, 2.24) is 0 Å². The topological polar surface area (TPSA) is 113 Å². The number of anilines is 1. The van der Waals surface area contributed by atoms with Crippen LogP contribution >= 0.6 is 15.9 Å². The molecule has 0 aliphatic carbocycles. The number of aliphatic hydroxyl groups is 1. The highest BCUT2D eigenvalue weighted by molar-refractivity contribution is 9.10. The van der Waals surface area contributed by atoms with Crippen molar-refractivity contribution in [3.63, 3.8) is 0 Å². The third-order valence-electron chi connectivity index (χ3n) is 5.78.